The van der Waals surface area contributed by atoms with E-state index in [9.17, 15) is 4.79 Å². The highest BCUT2D eigenvalue weighted by molar-refractivity contribution is 5.85. The summed E-state index contributed by atoms with van der Waals surface area (Å²) in [6.45, 7) is 6.79. The Morgan fingerprint density at radius 3 is 2.52 bits per heavy atom. The van der Waals surface area contributed by atoms with Gasteiger partial charge in [-0.15, -0.1) is 24.8 Å². The number of nitrogens with two attached hydrogens (primary N) is 1. The second kappa shape index (κ2) is 11.9. The molecule has 1 aromatic rings. The molecular weight excluding hydrogens is 385 g/mol. The lowest BCUT2D eigenvalue weighted by Crippen LogP contribution is -2.35. The maximum atomic E-state index is 12.2. The lowest BCUT2D eigenvalue weighted by Gasteiger charge is -2.30. The Hall–Kier alpha value is -0.850. The molecule has 5 nitrogen and oxygen atoms in total. The number of benzene rings is 1. The number of piperidine rings is 1. The van der Waals surface area contributed by atoms with Crippen LogP contribution in [0.1, 0.15) is 43.7 Å². The smallest absolute Gasteiger partial charge is 0.249 e. The van der Waals surface area contributed by atoms with Gasteiger partial charge in [-0.3, -0.25) is 9.69 Å². The van der Waals surface area contributed by atoms with Crippen molar-refractivity contribution in [1.82, 2.24) is 10.2 Å². The first kappa shape index (κ1) is 24.2. The number of amides is 1. The third-order valence-electron chi connectivity index (χ3n) is 5.30. The third-order valence-corrected chi connectivity index (χ3v) is 5.30. The van der Waals surface area contributed by atoms with E-state index in [1.54, 1.807) is 0 Å². The van der Waals surface area contributed by atoms with E-state index in [-0.39, 0.29) is 42.9 Å². The molecule has 2 heterocycles. The quantitative estimate of drug-likeness (QED) is 0.746. The molecule has 0 bridgehead atoms. The lowest BCUT2D eigenvalue weighted by molar-refractivity contribution is -0.132. The average molecular weight is 418 g/mol. The van der Waals surface area contributed by atoms with Gasteiger partial charge in [-0.2, -0.15) is 0 Å². The highest BCUT2D eigenvalue weighted by Gasteiger charge is 2.29. The minimum Gasteiger partial charge on any atom is -0.364 e. The minimum absolute atomic E-state index is 0. The van der Waals surface area contributed by atoms with Crippen LogP contribution in [-0.4, -0.2) is 42.6 Å². The van der Waals surface area contributed by atoms with Crippen LogP contribution in [-0.2, 0) is 22.6 Å². The second-order valence-electron chi connectivity index (χ2n) is 7.58. The first-order valence-corrected chi connectivity index (χ1v) is 9.57. The first-order valence-electron chi connectivity index (χ1n) is 9.57. The maximum absolute atomic E-state index is 12.2. The molecule has 2 fully saturated rings. The average Bonchev–Trinajstić information content (AvgIpc) is 3.10. The lowest BCUT2D eigenvalue weighted by atomic mass is 9.99. The second-order valence-corrected chi connectivity index (χ2v) is 7.58. The van der Waals surface area contributed by atoms with Crippen molar-refractivity contribution in [3.63, 3.8) is 0 Å². The van der Waals surface area contributed by atoms with Crippen molar-refractivity contribution in [3.05, 3.63) is 35.4 Å². The standard InChI is InChI=1S/C20H31N3O2.2ClH/c1-15-3-2-10-23(13-15)14-17-6-4-16(5-7-17)12-22-20(24)19-9-8-18(11-21)25-19;;/h4-7,15,18-19H,2-3,8-14,21H2,1H3,(H,22,24);2*1H/t15?,18-,19+;;/m1../s1. The number of nitrogens with one attached hydrogen (secondary N) is 1. The molecule has 2 aliphatic heterocycles. The molecule has 2 saturated heterocycles. The molecule has 0 aliphatic carbocycles. The number of rotatable bonds is 6. The Labute approximate surface area is 175 Å². The molecule has 1 unspecified atom stereocenters. The molecule has 1 amide bonds. The van der Waals surface area contributed by atoms with E-state index in [1.165, 1.54) is 31.5 Å². The van der Waals surface area contributed by atoms with E-state index in [0.717, 1.165) is 30.9 Å². The molecule has 0 saturated carbocycles. The Bertz CT molecular complexity index is 571. The molecule has 0 aromatic heterocycles. The minimum atomic E-state index is -0.339. The van der Waals surface area contributed by atoms with Gasteiger partial charge in [0.05, 0.1) is 6.10 Å². The largest absolute Gasteiger partial charge is 0.364 e. The number of hydrogen-bond donors (Lipinski definition) is 2. The highest BCUT2D eigenvalue weighted by atomic mass is 35.5. The summed E-state index contributed by atoms with van der Waals surface area (Å²) < 4.78 is 5.63. The predicted molar refractivity (Wildman–Crippen MR) is 113 cm³/mol. The van der Waals surface area contributed by atoms with E-state index in [0.29, 0.717) is 13.1 Å². The van der Waals surface area contributed by atoms with Gasteiger partial charge >= 0.3 is 0 Å². The molecule has 27 heavy (non-hydrogen) atoms. The van der Waals surface area contributed by atoms with E-state index in [4.69, 9.17) is 10.5 Å². The van der Waals surface area contributed by atoms with Crippen molar-refractivity contribution in [2.75, 3.05) is 19.6 Å². The number of ether oxygens (including phenoxy) is 1. The Morgan fingerprint density at radius 1 is 1.19 bits per heavy atom. The molecule has 1 aromatic carbocycles. The van der Waals surface area contributed by atoms with Crippen LogP contribution in [0.15, 0.2) is 24.3 Å². The fourth-order valence-electron chi connectivity index (χ4n) is 3.83. The monoisotopic (exact) mass is 417 g/mol. The highest BCUT2D eigenvalue weighted by Crippen LogP contribution is 2.20. The van der Waals surface area contributed by atoms with Crippen LogP contribution in [0.4, 0.5) is 0 Å². The molecule has 0 radical (unpaired) electrons. The molecular formula is C20H33Cl2N3O2. The van der Waals surface area contributed by atoms with Crippen molar-refractivity contribution in [3.8, 4) is 0 Å². The van der Waals surface area contributed by atoms with Crippen molar-refractivity contribution >= 4 is 30.7 Å². The van der Waals surface area contributed by atoms with Crippen LogP contribution >= 0.6 is 24.8 Å². The molecule has 7 heteroatoms. The summed E-state index contributed by atoms with van der Waals surface area (Å²) in [6.07, 6.45) is 3.99. The fraction of sp³-hybridized carbons (Fsp3) is 0.650. The Kier molecular flexibility index (Phi) is 10.6. The summed E-state index contributed by atoms with van der Waals surface area (Å²) in [7, 11) is 0. The molecule has 3 rings (SSSR count). The number of carbonyl (C=O) groups excluding carboxylic acids is 1. The first-order chi connectivity index (χ1) is 12.1. The molecule has 3 atom stereocenters. The summed E-state index contributed by atoms with van der Waals surface area (Å²) in [6, 6.07) is 8.58. The van der Waals surface area contributed by atoms with E-state index in [1.807, 2.05) is 0 Å². The zero-order valence-corrected chi connectivity index (χ0v) is 17.7. The van der Waals surface area contributed by atoms with Crippen molar-refractivity contribution in [2.24, 2.45) is 11.7 Å². The topological polar surface area (TPSA) is 67.6 Å². The number of carbonyl (C=O) groups is 1. The van der Waals surface area contributed by atoms with E-state index in [2.05, 4.69) is 41.4 Å². The van der Waals surface area contributed by atoms with Gasteiger partial charge in [0, 0.05) is 26.2 Å². The molecule has 0 spiro atoms. The van der Waals surface area contributed by atoms with Gasteiger partial charge in [-0.05, 0) is 49.3 Å². The number of nitrogens with zero attached hydrogens (tertiary/aromatic N) is 1. The van der Waals surface area contributed by atoms with Crippen LogP contribution in [0.25, 0.3) is 0 Å². The molecule has 3 N–H and O–H groups in total. The van der Waals surface area contributed by atoms with Crippen LogP contribution < -0.4 is 11.1 Å². The van der Waals surface area contributed by atoms with Gasteiger partial charge in [-0.1, -0.05) is 31.2 Å². The molecule has 154 valence electrons. The maximum Gasteiger partial charge on any atom is 0.249 e. The van der Waals surface area contributed by atoms with Gasteiger partial charge < -0.3 is 15.8 Å². The van der Waals surface area contributed by atoms with Crippen LogP contribution in [0.3, 0.4) is 0 Å². The van der Waals surface area contributed by atoms with Gasteiger partial charge in [-0.25, -0.2) is 0 Å². The fourth-order valence-corrected chi connectivity index (χ4v) is 3.83. The summed E-state index contributed by atoms with van der Waals surface area (Å²) in [5, 5.41) is 2.98. The van der Waals surface area contributed by atoms with Crippen LogP contribution in [0, 0.1) is 5.92 Å². The Morgan fingerprint density at radius 2 is 1.89 bits per heavy atom. The summed E-state index contributed by atoms with van der Waals surface area (Å²) in [5.41, 5.74) is 8.05. The zero-order valence-electron chi connectivity index (χ0n) is 16.1. The number of likely N-dealkylation sites (tertiary alicyclic amines) is 1. The number of hydrogen-bond acceptors (Lipinski definition) is 4. The normalized spacial score (nSPS) is 25.3. The van der Waals surface area contributed by atoms with Gasteiger partial charge in [0.15, 0.2) is 0 Å². The van der Waals surface area contributed by atoms with Crippen molar-refractivity contribution < 1.29 is 9.53 Å². The van der Waals surface area contributed by atoms with Gasteiger partial charge in [0.1, 0.15) is 6.10 Å². The summed E-state index contributed by atoms with van der Waals surface area (Å²) in [5.74, 6) is 0.780. The number of halogens is 2. The Balaban J connectivity index is 0.00000182. The van der Waals surface area contributed by atoms with Gasteiger partial charge in [0.25, 0.3) is 0 Å². The third kappa shape index (κ3) is 7.24. The summed E-state index contributed by atoms with van der Waals surface area (Å²) in [4.78, 5) is 14.7. The SMILES string of the molecule is CC1CCCN(Cc2ccc(CNC(=O)[C@@H]3CC[C@H](CN)O3)cc2)C1.Cl.Cl. The van der Waals surface area contributed by atoms with Crippen LogP contribution in [0.2, 0.25) is 0 Å². The molecule has 2 aliphatic rings. The zero-order chi connectivity index (χ0) is 17.6. The van der Waals surface area contributed by atoms with E-state index < -0.39 is 0 Å². The van der Waals surface area contributed by atoms with E-state index >= 15 is 0 Å². The van der Waals surface area contributed by atoms with Gasteiger partial charge in [0.2, 0.25) is 5.91 Å². The van der Waals surface area contributed by atoms with Crippen LogP contribution in [0.5, 0.6) is 0 Å². The van der Waals surface area contributed by atoms with Crippen molar-refractivity contribution in [2.45, 2.75) is 57.9 Å². The predicted octanol–water partition coefficient (Wildman–Crippen LogP) is 2.88. The summed E-state index contributed by atoms with van der Waals surface area (Å²) >= 11 is 0. The van der Waals surface area contributed by atoms with Crippen molar-refractivity contribution in [1.29, 1.82) is 0 Å².